The van der Waals surface area contributed by atoms with Crippen LogP contribution in [0.25, 0.3) is 54.6 Å². The maximum atomic E-state index is 6.18. The molecule has 34 heavy (non-hydrogen) atoms. The third-order valence-corrected chi connectivity index (χ3v) is 6.96. The Labute approximate surface area is 197 Å². The van der Waals surface area contributed by atoms with Gasteiger partial charge in [0.2, 0.25) is 0 Å². The zero-order chi connectivity index (χ0) is 22.5. The fourth-order valence-electron chi connectivity index (χ4n) is 5.51. The van der Waals surface area contributed by atoms with Gasteiger partial charge in [-0.2, -0.15) is 0 Å². The van der Waals surface area contributed by atoms with E-state index >= 15 is 0 Å². The molecule has 0 aliphatic rings. The highest BCUT2D eigenvalue weighted by Gasteiger charge is 2.17. The molecule has 0 unspecified atom stereocenters. The van der Waals surface area contributed by atoms with Gasteiger partial charge in [0, 0.05) is 10.8 Å². The Balaban J connectivity index is 1.56. The minimum absolute atomic E-state index is 0.844. The summed E-state index contributed by atoms with van der Waals surface area (Å²) in [4.78, 5) is 0. The lowest BCUT2D eigenvalue weighted by Gasteiger charge is -2.17. The third kappa shape index (κ3) is 2.87. The van der Waals surface area contributed by atoms with Gasteiger partial charge in [-0.15, -0.1) is 0 Å². The number of benzene rings is 6. The molecule has 0 bridgehead atoms. The Morgan fingerprint density at radius 2 is 1.00 bits per heavy atom. The predicted octanol–water partition coefficient (Wildman–Crippen LogP) is 9.15. The highest BCUT2D eigenvalue weighted by atomic mass is 16.3. The molecule has 1 aromatic heterocycles. The highest BCUT2D eigenvalue weighted by Crippen LogP contribution is 2.41. The van der Waals surface area contributed by atoms with Gasteiger partial charge in [-0.05, 0) is 62.4 Å². The first-order valence-corrected chi connectivity index (χ1v) is 11.8. The maximum absolute atomic E-state index is 6.18. The van der Waals surface area contributed by atoms with Crippen LogP contribution in [-0.4, -0.2) is 0 Å². The molecule has 0 saturated heterocycles. The van der Waals surface area contributed by atoms with E-state index in [9.17, 15) is 0 Å². The van der Waals surface area contributed by atoms with Crippen LogP contribution in [0.1, 0.15) is 11.1 Å². The van der Waals surface area contributed by atoms with Gasteiger partial charge in [-0.25, -0.2) is 0 Å². The molecule has 7 aromatic rings. The van der Waals surface area contributed by atoms with Crippen molar-refractivity contribution in [2.75, 3.05) is 0 Å². The minimum Gasteiger partial charge on any atom is -0.456 e. The summed E-state index contributed by atoms with van der Waals surface area (Å²) < 4.78 is 6.18. The molecule has 0 saturated carbocycles. The molecule has 0 N–H and O–H groups in total. The molecule has 1 heterocycles. The Hall–Kier alpha value is -4.36. The Morgan fingerprint density at radius 3 is 1.71 bits per heavy atom. The van der Waals surface area contributed by atoms with Gasteiger partial charge >= 0.3 is 0 Å². The molecule has 0 atom stereocenters. The van der Waals surface area contributed by atoms with Gasteiger partial charge in [-0.1, -0.05) is 109 Å². The molecule has 0 amide bonds. The fourth-order valence-corrected chi connectivity index (χ4v) is 5.51. The van der Waals surface area contributed by atoms with Gasteiger partial charge in [0.1, 0.15) is 11.2 Å². The van der Waals surface area contributed by atoms with E-state index in [-0.39, 0.29) is 0 Å². The predicted molar refractivity (Wildman–Crippen MR) is 143 cm³/mol. The van der Waals surface area contributed by atoms with Crippen LogP contribution >= 0.6 is 0 Å². The number of para-hydroxylation sites is 1. The normalized spacial score (nSPS) is 11.6. The standard InChI is InChI=1S/C33H22O/c1-2-11-22(12-3-1)32-26-16-6-4-14-24(26)29(25-15-5-7-17-27(25)32)21-23-13-10-20-31-33(23)28-18-8-9-19-30(28)34-31/h1-20H,21H2. The number of furan rings is 1. The summed E-state index contributed by atoms with van der Waals surface area (Å²) in [7, 11) is 0. The van der Waals surface area contributed by atoms with E-state index in [1.54, 1.807) is 0 Å². The van der Waals surface area contributed by atoms with Crippen LogP contribution in [0.4, 0.5) is 0 Å². The van der Waals surface area contributed by atoms with Crippen molar-refractivity contribution in [1.29, 1.82) is 0 Å². The lowest BCUT2D eigenvalue weighted by Crippen LogP contribution is -1.96. The topological polar surface area (TPSA) is 13.1 Å². The second-order valence-corrected chi connectivity index (χ2v) is 8.88. The molecule has 6 aromatic carbocycles. The molecule has 160 valence electrons. The molecule has 0 radical (unpaired) electrons. The summed E-state index contributed by atoms with van der Waals surface area (Å²) in [5, 5.41) is 7.62. The number of hydrogen-bond acceptors (Lipinski definition) is 1. The molecule has 0 spiro atoms. The van der Waals surface area contributed by atoms with Crippen molar-refractivity contribution in [3.05, 3.63) is 132 Å². The zero-order valence-electron chi connectivity index (χ0n) is 18.7. The molecule has 1 heteroatoms. The zero-order valence-corrected chi connectivity index (χ0v) is 18.7. The van der Waals surface area contributed by atoms with Crippen molar-refractivity contribution in [2.24, 2.45) is 0 Å². The van der Waals surface area contributed by atoms with Crippen molar-refractivity contribution in [1.82, 2.24) is 0 Å². The minimum atomic E-state index is 0.844. The second kappa shape index (κ2) is 7.60. The van der Waals surface area contributed by atoms with Crippen LogP contribution < -0.4 is 0 Å². The maximum Gasteiger partial charge on any atom is 0.135 e. The van der Waals surface area contributed by atoms with E-state index < -0.39 is 0 Å². The average molecular weight is 435 g/mol. The first-order valence-electron chi connectivity index (χ1n) is 11.8. The van der Waals surface area contributed by atoms with Crippen molar-refractivity contribution >= 4 is 43.5 Å². The lowest BCUT2D eigenvalue weighted by molar-refractivity contribution is 0.668. The molecule has 0 fully saturated rings. The van der Waals surface area contributed by atoms with E-state index in [4.69, 9.17) is 4.42 Å². The lowest BCUT2D eigenvalue weighted by atomic mass is 9.86. The van der Waals surface area contributed by atoms with Crippen molar-refractivity contribution in [3.63, 3.8) is 0 Å². The van der Waals surface area contributed by atoms with Gasteiger partial charge in [0.25, 0.3) is 0 Å². The first-order chi connectivity index (χ1) is 16.9. The van der Waals surface area contributed by atoms with Crippen molar-refractivity contribution in [2.45, 2.75) is 6.42 Å². The molecule has 1 nitrogen and oxygen atoms in total. The quantitative estimate of drug-likeness (QED) is 0.253. The summed E-state index contributed by atoms with van der Waals surface area (Å²) in [5.41, 5.74) is 7.12. The SMILES string of the molecule is c1ccc(-c2c3ccccc3c(Cc3cccc4oc5ccccc5c34)c3ccccc23)cc1. The van der Waals surface area contributed by atoms with Gasteiger partial charge in [-0.3, -0.25) is 0 Å². The van der Waals surface area contributed by atoms with Crippen molar-refractivity contribution in [3.8, 4) is 11.1 Å². The van der Waals surface area contributed by atoms with Gasteiger partial charge < -0.3 is 4.42 Å². The van der Waals surface area contributed by atoms with Crippen LogP contribution in [-0.2, 0) is 6.42 Å². The number of fused-ring (bicyclic) bond motifs is 5. The summed E-state index contributed by atoms with van der Waals surface area (Å²) in [5.74, 6) is 0. The van der Waals surface area contributed by atoms with E-state index in [0.29, 0.717) is 0 Å². The van der Waals surface area contributed by atoms with Crippen LogP contribution in [0.5, 0.6) is 0 Å². The van der Waals surface area contributed by atoms with E-state index in [2.05, 4.69) is 115 Å². The van der Waals surface area contributed by atoms with E-state index in [1.807, 2.05) is 6.07 Å². The van der Waals surface area contributed by atoms with Crippen LogP contribution in [0.15, 0.2) is 126 Å². The van der Waals surface area contributed by atoms with Gasteiger partial charge in [0.15, 0.2) is 0 Å². The van der Waals surface area contributed by atoms with Crippen molar-refractivity contribution < 1.29 is 4.42 Å². The smallest absolute Gasteiger partial charge is 0.135 e. The summed E-state index contributed by atoms with van der Waals surface area (Å²) >= 11 is 0. The van der Waals surface area contributed by atoms with Crippen LogP contribution in [0.3, 0.4) is 0 Å². The monoisotopic (exact) mass is 434 g/mol. The molecule has 0 aliphatic heterocycles. The van der Waals surface area contributed by atoms with Crippen LogP contribution in [0.2, 0.25) is 0 Å². The fraction of sp³-hybridized carbons (Fsp3) is 0.0303. The van der Waals surface area contributed by atoms with Crippen LogP contribution in [0, 0.1) is 0 Å². The van der Waals surface area contributed by atoms with Gasteiger partial charge in [0.05, 0.1) is 0 Å². The summed E-state index contributed by atoms with van der Waals surface area (Å²) in [6, 6.07) is 43.2. The van der Waals surface area contributed by atoms with E-state index in [1.165, 1.54) is 54.6 Å². The Kier molecular flexibility index (Phi) is 4.28. The summed E-state index contributed by atoms with van der Waals surface area (Å²) in [6.07, 6.45) is 0.844. The third-order valence-electron chi connectivity index (χ3n) is 6.96. The Morgan fingerprint density at radius 1 is 0.441 bits per heavy atom. The molecule has 0 aliphatic carbocycles. The second-order valence-electron chi connectivity index (χ2n) is 8.88. The highest BCUT2D eigenvalue weighted by molar-refractivity contribution is 6.15. The first kappa shape index (κ1) is 19.1. The average Bonchev–Trinajstić information content (AvgIpc) is 3.29. The summed E-state index contributed by atoms with van der Waals surface area (Å²) in [6.45, 7) is 0. The molecular formula is C33H22O. The molecule has 7 rings (SSSR count). The van der Waals surface area contributed by atoms with E-state index in [0.717, 1.165) is 17.6 Å². The Bertz CT molecular complexity index is 1770. The number of hydrogen-bond donors (Lipinski definition) is 0. The molecular weight excluding hydrogens is 412 g/mol. The number of rotatable bonds is 3. The largest absolute Gasteiger partial charge is 0.456 e.